The van der Waals surface area contributed by atoms with Crippen LogP contribution in [0.4, 0.5) is 0 Å². The van der Waals surface area contributed by atoms with Crippen LogP contribution in [0.25, 0.3) is 0 Å². The summed E-state index contributed by atoms with van der Waals surface area (Å²) in [4.78, 5) is 0.292. The molecule has 0 unspecified atom stereocenters. The number of hydrogen-bond donors (Lipinski definition) is 0. The minimum absolute atomic E-state index is 0.292. The third-order valence-corrected chi connectivity index (χ3v) is 4.82. The molecule has 0 aliphatic rings. The first-order valence-electron chi connectivity index (χ1n) is 4.66. The number of benzene rings is 1. The Labute approximate surface area is 96.2 Å². The zero-order valence-corrected chi connectivity index (χ0v) is 10.9. The lowest BCUT2D eigenvalue weighted by atomic mass is 10.2. The number of rotatable bonds is 1. The van der Waals surface area contributed by atoms with Gasteiger partial charge in [-0.05, 0) is 51.5 Å². The van der Waals surface area contributed by atoms with Gasteiger partial charge in [-0.15, -0.1) is 0 Å². The van der Waals surface area contributed by atoms with Crippen LogP contribution in [-0.4, -0.2) is 13.2 Å². The normalized spacial score (nSPS) is 12.9. The highest BCUT2D eigenvalue weighted by Crippen LogP contribution is 2.27. The first kappa shape index (κ1) is 12.5. The van der Waals surface area contributed by atoms with Gasteiger partial charge >= 0.3 is 0 Å². The van der Waals surface area contributed by atoms with Crippen molar-refractivity contribution < 1.29 is 8.42 Å². The number of hydrogen-bond acceptors (Lipinski definition) is 2. The lowest BCUT2D eigenvalue weighted by Crippen LogP contribution is -2.27. The minimum atomic E-state index is -3.31. The summed E-state index contributed by atoms with van der Waals surface area (Å²) in [6.45, 7) is 6.86. The Morgan fingerprint density at radius 1 is 1.13 bits per heavy atom. The molecule has 0 amide bonds. The standard InChI is InChI=1S/C11H15ClO2S/c1-8-5-9(12)7-10(6-8)15(13,14)11(2,3)4/h5-7H,1-4H3. The largest absolute Gasteiger partial charge is 0.223 e. The number of halogens is 1. The van der Waals surface area contributed by atoms with Gasteiger partial charge in [0, 0.05) is 5.02 Å². The van der Waals surface area contributed by atoms with Crippen molar-refractivity contribution in [3.05, 3.63) is 28.8 Å². The highest BCUT2D eigenvalue weighted by atomic mass is 35.5. The maximum Gasteiger partial charge on any atom is 0.183 e. The van der Waals surface area contributed by atoms with Gasteiger partial charge in [-0.25, -0.2) is 8.42 Å². The lowest BCUT2D eigenvalue weighted by Gasteiger charge is -2.19. The number of sulfone groups is 1. The third kappa shape index (κ3) is 2.52. The molecule has 0 spiro atoms. The molecule has 1 aromatic carbocycles. The summed E-state index contributed by atoms with van der Waals surface area (Å²) >= 11 is 5.84. The van der Waals surface area contributed by atoms with Crippen LogP contribution >= 0.6 is 11.6 Å². The minimum Gasteiger partial charge on any atom is -0.223 e. The van der Waals surface area contributed by atoms with Gasteiger partial charge in [0.15, 0.2) is 9.84 Å². The van der Waals surface area contributed by atoms with Gasteiger partial charge in [-0.1, -0.05) is 11.6 Å². The van der Waals surface area contributed by atoms with Crippen LogP contribution in [-0.2, 0) is 9.84 Å². The van der Waals surface area contributed by atoms with Crippen molar-refractivity contribution in [2.75, 3.05) is 0 Å². The zero-order chi connectivity index (χ0) is 11.9. The van der Waals surface area contributed by atoms with E-state index in [1.807, 2.05) is 6.92 Å². The monoisotopic (exact) mass is 246 g/mol. The van der Waals surface area contributed by atoms with E-state index in [4.69, 9.17) is 11.6 Å². The molecule has 0 aliphatic carbocycles. The first-order chi connectivity index (χ1) is 6.64. The highest BCUT2D eigenvalue weighted by Gasteiger charge is 2.31. The maximum atomic E-state index is 12.1. The fourth-order valence-electron chi connectivity index (χ4n) is 1.21. The van der Waals surface area contributed by atoms with E-state index in [0.29, 0.717) is 9.92 Å². The molecular weight excluding hydrogens is 232 g/mol. The van der Waals surface area contributed by atoms with Crippen LogP contribution < -0.4 is 0 Å². The van der Waals surface area contributed by atoms with Gasteiger partial charge in [-0.3, -0.25) is 0 Å². The smallest absolute Gasteiger partial charge is 0.183 e. The predicted molar refractivity (Wildman–Crippen MR) is 63.1 cm³/mol. The maximum absolute atomic E-state index is 12.1. The Bertz CT molecular complexity index is 450. The van der Waals surface area contributed by atoms with Gasteiger partial charge in [0.05, 0.1) is 9.64 Å². The Morgan fingerprint density at radius 2 is 1.67 bits per heavy atom. The van der Waals surface area contributed by atoms with Crippen molar-refractivity contribution in [2.45, 2.75) is 37.3 Å². The Hall–Kier alpha value is -0.540. The van der Waals surface area contributed by atoms with E-state index >= 15 is 0 Å². The van der Waals surface area contributed by atoms with Gasteiger partial charge in [0.2, 0.25) is 0 Å². The second-order valence-corrected chi connectivity index (χ2v) is 7.72. The van der Waals surface area contributed by atoms with Crippen molar-refractivity contribution in [3.8, 4) is 0 Å². The summed E-state index contributed by atoms with van der Waals surface area (Å²) in [5.74, 6) is 0. The molecule has 0 fully saturated rings. The SMILES string of the molecule is Cc1cc(Cl)cc(S(=O)(=O)C(C)(C)C)c1. The molecule has 1 rings (SSSR count). The average molecular weight is 247 g/mol. The van der Waals surface area contributed by atoms with Crippen molar-refractivity contribution >= 4 is 21.4 Å². The van der Waals surface area contributed by atoms with Gasteiger partial charge in [-0.2, -0.15) is 0 Å². The first-order valence-corrected chi connectivity index (χ1v) is 6.52. The fourth-order valence-corrected chi connectivity index (χ4v) is 2.90. The topological polar surface area (TPSA) is 34.1 Å². The Kier molecular flexibility index (Phi) is 3.17. The third-order valence-electron chi connectivity index (χ3n) is 2.13. The summed E-state index contributed by atoms with van der Waals surface area (Å²) in [5, 5.41) is 0.456. The molecule has 15 heavy (non-hydrogen) atoms. The van der Waals surface area contributed by atoms with Crippen LogP contribution in [0.1, 0.15) is 26.3 Å². The molecule has 0 radical (unpaired) electrons. The highest BCUT2D eigenvalue weighted by molar-refractivity contribution is 7.92. The molecule has 2 nitrogen and oxygen atoms in total. The molecule has 0 saturated carbocycles. The molecule has 4 heteroatoms. The second-order valence-electron chi connectivity index (χ2n) is 4.58. The fraction of sp³-hybridized carbons (Fsp3) is 0.455. The van der Waals surface area contributed by atoms with E-state index in [0.717, 1.165) is 5.56 Å². The van der Waals surface area contributed by atoms with Crippen molar-refractivity contribution in [1.29, 1.82) is 0 Å². The van der Waals surface area contributed by atoms with Gasteiger partial charge in [0.1, 0.15) is 0 Å². The average Bonchev–Trinajstić information content (AvgIpc) is 1.99. The van der Waals surface area contributed by atoms with Crippen molar-refractivity contribution in [1.82, 2.24) is 0 Å². The lowest BCUT2D eigenvalue weighted by molar-refractivity contribution is 0.560. The summed E-state index contributed by atoms with van der Waals surface area (Å²) < 4.78 is 23.4. The summed E-state index contributed by atoms with van der Waals surface area (Å²) in [6.07, 6.45) is 0. The molecule has 0 saturated heterocycles. The van der Waals surface area contributed by atoms with Crippen molar-refractivity contribution in [3.63, 3.8) is 0 Å². The zero-order valence-electron chi connectivity index (χ0n) is 9.33. The molecule has 0 bridgehead atoms. The summed E-state index contributed by atoms with van der Waals surface area (Å²) in [7, 11) is -3.31. The number of aryl methyl sites for hydroxylation is 1. The molecular formula is C11H15ClO2S. The van der Waals surface area contributed by atoms with Gasteiger partial charge in [0.25, 0.3) is 0 Å². The quantitative estimate of drug-likeness (QED) is 0.763. The van der Waals surface area contributed by atoms with E-state index in [1.54, 1.807) is 32.9 Å². The van der Waals surface area contributed by atoms with Crippen LogP contribution in [0.15, 0.2) is 23.1 Å². The van der Waals surface area contributed by atoms with Crippen molar-refractivity contribution in [2.24, 2.45) is 0 Å². The van der Waals surface area contributed by atoms with Crippen LogP contribution in [0.3, 0.4) is 0 Å². The predicted octanol–water partition coefficient (Wildman–Crippen LogP) is 3.22. The second kappa shape index (κ2) is 3.80. The van der Waals surface area contributed by atoms with E-state index in [2.05, 4.69) is 0 Å². The molecule has 0 N–H and O–H groups in total. The van der Waals surface area contributed by atoms with E-state index < -0.39 is 14.6 Å². The van der Waals surface area contributed by atoms with E-state index in [1.165, 1.54) is 6.07 Å². The molecule has 84 valence electrons. The Balaban J connectivity index is 3.41. The van der Waals surface area contributed by atoms with Gasteiger partial charge < -0.3 is 0 Å². The molecule has 0 heterocycles. The molecule has 0 atom stereocenters. The van der Waals surface area contributed by atoms with E-state index in [-0.39, 0.29) is 0 Å². The Morgan fingerprint density at radius 3 is 2.07 bits per heavy atom. The molecule has 1 aromatic rings. The van der Waals surface area contributed by atoms with Crippen LogP contribution in [0.2, 0.25) is 5.02 Å². The van der Waals surface area contributed by atoms with E-state index in [9.17, 15) is 8.42 Å². The van der Waals surface area contributed by atoms with Crippen LogP contribution in [0, 0.1) is 6.92 Å². The summed E-state index contributed by atoms with van der Waals surface area (Å²) in [5.41, 5.74) is 0.852. The molecule has 0 aromatic heterocycles. The molecule has 0 aliphatic heterocycles. The summed E-state index contributed by atoms with van der Waals surface area (Å²) in [6, 6.07) is 4.88. The van der Waals surface area contributed by atoms with Crippen LogP contribution in [0.5, 0.6) is 0 Å².